The number of hydrogen-bond acceptors (Lipinski definition) is 5. The molecule has 0 saturated carbocycles. The van der Waals surface area contributed by atoms with Gasteiger partial charge in [0.05, 0.1) is 0 Å². The van der Waals surface area contributed by atoms with Gasteiger partial charge in [-0.15, -0.1) is 0 Å². The van der Waals surface area contributed by atoms with Crippen molar-refractivity contribution in [2.45, 2.75) is 45.8 Å². The zero-order chi connectivity index (χ0) is 17.6. The van der Waals surface area contributed by atoms with Gasteiger partial charge in [0.25, 0.3) is 0 Å². The summed E-state index contributed by atoms with van der Waals surface area (Å²) in [6, 6.07) is 5.26. The van der Waals surface area contributed by atoms with E-state index >= 15 is 0 Å². The summed E-state index contributed by atoms with van der Waals surface area (Å²) in [5.74, 6) is -1.24. The number of alkyl carbamates (subject to hydrolysis) is 1. The summed E-state index contributed by atoms with van der Waals surface area (Å²) in [5.41, 5.74) is -0.0388. The number of carboxylic acids is 1. The summed E-state index contributed by atoms with van der Waals surface area (Å²) >= 11 is 0. The summed E-state index contributed by atoms with van der Waals surface area (Å²) in [7, 11) is 0. The number of benzene rings is 1. The van der Waals surface area contributed by atoms with Crippen LogP contribution in [0, 0.1) is 0 Å². The Labute approximate surface area is 134 Å². The molecule has 0 aromatic heterocycles. The predicted molar refractivity (Wildman–Crippen MR) is 82.2 cm³/mol. The maximum atomic E-state index is 11.7. The van der Waals surface area contributed by atoms with Crippen LogP contribution in [0.2, 0.25) is 0 Å². The summed E-state index contributed by atoms with van der Waals surface area (Å²) in [6.45, 7) is 6.36. The SMILES string of the molecule is CC(=O)Oc1ccc(CC(NC(=O)OC(C)(C)C)C(=O)O)cc1. The van der Waals surface area contributed by atoms with Crippen LogP contribution >= 0.6 is 0 Å². The second-order valence-corrected chi connectivity index (χ2v) is 5.98. The third kappa shape index (κ3) is 7.30. The molecule has 7 nitrogen and oxygen atoms in total. The molecule has 1 atom stereocenters. The Hall–Kier alpha value is -2.57. The molecule has 2 N–H and O–H groups in total. The van der Waals surface area contributed by atoms with Gasteiger partial charge in [-0.2, -0.15) is 0 Å². The van der Waals surface area contributed by atoms with E-state index in [9.17, 15) is 19.5 Å². The Morgan fingerprint density at radius 3 is 2.17 bits per heavy atom. The molecule has 1 aromatic carbocycles. The van der Waals surface area contributed by atoms with Crippen molar-refractivity contribution in [1.29, 1.82) is 0 Å². The first-order valence-corrected chi connectivity index (χ1v) is 7.06. The van der Waals surface area contributed by atoms with Gasteiger partial charge in [-0.05, 0) is 38.5 Å². The first-order chi connectivity index (χ1) is 10.6. The van der Waals surface area contributed by atoms with Gasteiger partial charge in [-0.3, -0.25) is 4.79 Å². The fourth-order valence-electron chi connectivity index (χ4n) is 1.75. The number of esters is 1. The molecule has 0 spiro atoms. The molecule has 1 rings (SSSR count). The van der Waals surface area contributed by atoms with E-state index < -0.39 is 29.7 Å². The number of carbonyl (C=O) groups is 3. The van der Waals surface area contributed by atoms with Crippen molar-refractivity contribution in [3.05, 3.63) is 29.8 Å². The summed E-state index contributed by atoms with van der Waals surface area (Å²) < 4.78 is 9.94. The first kappa shape index (κ1) is 18.5. The third-order valence-electron chi connectivity index (χ3n) is 2.61. The Balaban J connectivity index is 2.71. The van der Waals surface area contributed by atoms with Crippen LogP contribution in [0.4, 0.5) is 4.79 Å². The number of carbonyl (C=O) groups excluding carboxylic acids is 2. The predicted octanol–water partition coefficient (Wildman–Crippen LogP) is 2.13. The largest absolute Gasteiger partial charge is 0.480 e. The fourth-order valence-corrected chi connectivity index (χ4v) is 1.75. The maximum Gasteiger partial charge on any atom is 0.408 e. The average molecular weight is 323 g/mol. The average Bonchev–Trinajstić information content (AvgIpc) is 2.37. The zero-order valence-corrected chi connectivity index (χ0v) is 13.6. The van der Waals surface area contributed by atoms with Gasteiger partial charge < -0.3 is 19.9 Å². The molecule has 0 saturated heterocycles. The molecular weight excluding hydrogens is 302 g/mol. The van der Waals surface area contributed by atoms with E-state index in [1.54, 1.807) is 45.0 Å². The van der Waals surface area contributed by atoms with Crippen molar-refractivity contribution in [3.8, 4) is 5.75 Å². The van der Waals surface area contributed by atoms with Crippen molar-refractivity contribution in [2.24, 2.45) is 0 Å². The van der Waals surface area contributed by atoms with E-state index in [0.29, 0.717) is 11.3 Å². The number of ether oxygens (including phenoxy) is 2. The standard InChI is InChI=1S/C16H21NO6/c1-10(18)22-12-7-5-11(6-8-12)9-13(14(19)20)17-15(21)23-16(2,3)4/h5-8,13H,9H2,1-4H3,(H,17,21)(H,19,20). The highest BCUT2D eigenvalue weighted by molar-refractivity contribution is 5.80. The second-order valence-electron chi connectivity index (χ2n) is 5.98. The van der Waals surface area contributed by atoms with E-state index in [-0.39, 0.29) is 6.42 Å². The van der Waals surface area contributed by atoms with Crippen LogP contribution < -0.4 is 10.1 Å². The van der Waals surface area contributed by atoms with Crippen LogP contribution in [0.15, 0.2) is 24.3 Å². The summed E-state index contributed by atoms with van der Waals surface area (Å²) in [5, 5.41) is 11.5. The van der Waals surface area contributed by atoms with Gasteiger partial charge in [-0.1, -0.05) is 12.1 Å². The van der Waals surface area contributed by atoms with Crippen molar-refractivity contribution in [3.63, 3.8) is 0 Å². The number of hydrogen-bond donors (Lipinski definition) is 2. The highest BCUT2D eigenvalue weighted by atomic mass is 16.6. The molecule has 0 aliphatic heterocycles. The lowest BCUT2D eigenvalue weighted by Crippen LogP contribution is -2.44. The molecule has 23 heavy (non-hydrogen) atoms. The minimum absolute atomic E-state index is 0.0783. The smallest absolute Gasteiger partial charge is 0.408 e. The van der Waals surface area contributed by atoms with Gasteiger partial charge in [-0.25, -0.2) is 9.59 Å². The van der Waals surface area contributed by atoms with E-state index in [1.165, 1.54) is 6.92 Å². The van der Waals surface area contributed by atoms with E-state index in [1.807, 2.05) is 0 Å². The normalized spacial score (nSPS) is 12.2. The van der Waals surface area contributed by atoms with Crippen LogP contribution in [0.1, 0.15) is 33.3 Å². The van der Waals surface area contributed by atoms with Crippen molar-refractivity contribution in [2.75, 3.05) is 0 Å². The molecule has 7 heteroatoms. The van der Waals surface area contributed by atoms with E-state index in [0.717, 1.165) is 0 Å². The van der Waals surface area contributed by atoms with Crippen LogP contribution in [-0.2, 0) is 20.7 Å². The molecule has 1 unspecified atom stereocenters. The van der Waals surface area contributed by atoms with E-state index in [4.69, 9.17) is 9.47 Å². The van der Waals surface area contributed by atoms with Crippen LogP contribution in [0.25, 0.3) is 0 Å². The van der Waals surface area contributed by atoms with Crippen LogP contribution in [0.3, 0.4) is 0 Å². The van der Waals surface area contributed by atoms with Crippen LogP contribution in [0.5, 0.6) is 5.75 Å². The molecule has 0 aliphatic rings. The Morgan fingerprint density at radius 2 is 1.74 bits per heavy atom. The highest BCUT2D eigenvalue weighted by Gasteiger charge is 2.24. The van der Waals surface area contributed by atoms with Crippen molar-refractivity contribution >= 4 is 18.0 Å². The molecular formula is C16H21NO6. The fraction of sp³-hybridized carbons (Fsp3) is 0.438. The van der Waals surface area contributed by atoms with Crippen molar-refractivity contribution in [1.82, 2.24) is 5.32 Å². The molecule has 0 radical (unpaired) electrons. The lowest BCUT2D eigenvalue weighted by atomic mass is 10.1. The minimum atomic E-state index is -1.17. The van der Waals surface area contributed by atoms with Gasteiger partial charge in [0.2, 0.25) is 0 Å². The maximum absolute atomic E-state index is 11.7. The molecule has 0 fully saturated rings. The van der Waals surface area contributed by atoms with E-state index in [2.05, 4.69) is 5.32 Å². The van der Waals surface area contributed by atoms with Gasteiger partial charge in [0, 0.05) is 13.3 Å². The minimum Gasteiger partial charge on any atom is -0.480 e. The number of rotatable bonds is 5. The second kappa shape index (κ2) is 7.62. The molecule has 1 amide bonds. The van der Waals surface area contributed by atoms with Gasteiger partial charge in [0.15, 0.2) is 0 Å². The lowest BCUT2D eigenvalue weighted by Gasteiger charge is -2.22. The van der Waals surface area contributed by atoms with Crippen LogP contribution in [-0.4, -0.2) is 34.8 Å². The first-order valence-electron chi connectivity index (χ1n) is 7.06. The Bertz CT molecular complexity index is 573. The zero-order valence-electron chi connectivity index (χ0n) is 13.6. The lowest BCUT2D eigenvalue weighted by molar-refractivity contribution is -0.139. The number of amides is 1. The number of nitrogens with one attached hydrogen (secondary N) is 1. The number of aliphatic carboxylic acids is 1. The quantitative estimate of drug-likeness (QED) is 0.636. The molecule has 0 aliphatic carbocycles. The Kier molecular flexibility index (Phi) is 6.12. The monoisotopic (exact) mass is 323 g/mol. The molecule has 1 aromatic rings. The van der Waals surface area contributed by atoms with Gasteiger partial charge in [0.1, 0.15) is 17.4 Å². The number of carboxylic acid groups (broad SMARTS) is 1. The molecule has 0 heterocycles. The van der Waals surface area contributed by atoms with Crippen molar-refractivity contribution < 1.29 is 29.0 Å². The highest BCUT2D eigenvalue weighted by Crippen LogP contribution is 2.14. The van der Waals surface area contributed by atoms with Gasteiger partial charge >= 0.3 is 18.0 Å². The topological polar surface area (TPSA) is 102 Å². The molecule has 126 valence electrons. The summed E-state index contributed by atoms with van der Waals surface area (Å²) in [6.07, 6.45) is -0.712. The molecule has 0 bridgehead atoms. The summed E-state index contributed by atoms with van der Waals surface area (Å²) in [4.78, 5) is 33.8. The Morgan fingerprint density at radius 1 is 1.17 bits per heavy atom. The third-order valence-corrected chi connectivity index (χ3v) is 2.61.